The van der Waals surface area contributed by atoms with E-state index in [4.69, 9.17) is 5.73 Å². The molecule has 1 aliphatic heterocycles. The Labute approximate surface area is 105 Å². The van der Waals surface area contributed by atoms with E-state index in [2.05, 4.69) is 17.1 Å². The van der Waals surface area contributed by atoms with Crippen molar-refractivity contribution in [2.45, 2.75) is 52.1 Å². The summed E-state index contributed by atoms with van der Waals surface area (Å²) < 4.78 is 0. The number of likely N-dealkylation sites (tertiary alicyclic amines) is 1. The lowest BCUT2D eigenvalue weighted by Gasteiger charge is -2.31. The van der Waals surface area contributed by atoms with Gasteiger partial charge in [-0.2, -0.15) is 0 Å². The zero-order chi connectivity index (χ0) is 13.1. The SMILES string of the molecule is CC1CCN(CCC(C)(NC(C)C)C(N)=O)C1. The Balaban J connectivity index is 2.47. The molecule has 1 heterocycles. The highest BCUT2D eigenvalue weighted by Crippen LogP contribution is 2.18. The van der Waals surface area contributed by atoms with Gasteiger partial charge in [0.05, 0.1) is 5.54 Å². The fourth-order valence-corrected chi connectivity index (χ4v) is 2.51. The maximum absolute atomic E-state index is 11.6. The van der Waals surface area contributed by atoms with Gasteiger partial charge in [-0.15, -0.1) is 0 Å². The Bertz CT molecular complexity index is 267. The lowest BCUT2D eigenvalue weighted by molar-refractivity contribution is -0.124. The summed E-state index contributed by atoms with van der Waals surface area (Å²) >= 11 is 0. The molecular formula is C13H27N3O. The molecule has 0 aromatic carbocycles. The molecule has 2 atom stereocenters. The number of nitrogens with one attached hydrogen (secondary N) is 1. The van der Waals surface area contributed by atoms with Crippen molar-refractivity contribution in [3.63, 3.8) is 0 Å². The van der Waals surface area contributed by atoms with Crippen LogP contribution in [0.25, 0.3) is 0 Å². The topological polar surface area (TPSA) is 58.4 Å². The summed E-state index contributed by atoms with van der Waals surface area (Å²) in [7, 11) is 0. The Morgan fingerprint density at radius 2 is 2.24 bits per heavy atom. The molecule has 3 N–H and O–H groups in total. The number of hydrogen-bond donors (Lipinski definition) is 2. The summed E-state index contributed by atoms with van der Waals surface area (Å²) in [6.45, 7) is 11.5. The molecule has 4 nitrogen and oxygen atoms in total. The van der Waals surface area contributed by atoms with Crippen LogP contribution in [0, 0.1) is 5.92 Å². The van der Waals surface area contributed by atoms with Crippen molar-refractivity contribution in [2.24, 2.45) is 11.7 Å². The standard InChI is InChI=1S/C13H27N3O/c1-10(2)15-13(4,12(14)17)6-8-16-7-5-11(3)9-16/h10-11,15H,5-9H2,1-4H3,(H2,14,17). The molecule has 1 aliphatic rings. The van der Waals surface area contributed by atoms with Crippen molar-refractivity contribution in [1.29, 1.82) is 0 Å². The van der Waals surface area contributed by atoms with Gasteiger partial charge in [0.15, 0.2) is 0 Å². The number of carbonyl (C=O) groups is 1. The third kappa shape index (κ3) is 4.28. The summed E-state index contributed by atoms with van der Waals surface area (Å²) in [5, 5.41) is 3.29. The summed E-state index contributed by atoms with van der Waals surface area (Å²) in [6, 6.07) is 0.269. The first-order valence-corrected chi connectivity index (χ1v) is 6.63. The van der Waals surface area contributed by atoms with Gasteiger partial charge < -0.3 is 16.0 Å². The van der Waals surface area contributed by atoms with Gasteiger partial charge in [-0.25, -0.2) is 0 Å². The molecule has 0 aromatic heterocycles. The number of rotatable bonds is 6. The highest BCUT2D eigenvalue weighted by molar-refractivity contribution is 5.84. The Kier molecular flexibility index (Phi) is 4.95. The average molecular weight is 241 g/mol. The average Bonchev–Trinajstić information content (AvgIpc) is 2.60. The molecule has 1 saturated heterocycles. The number of nitrogens with two attached hydrogens (primary N) is 1. The van der Waals surface area contributed by atoms with Crippen LogP contribution < -0.4 is 11.1 Å². The maximum atomic E-state index is 11.6. The molecule has 0 aliphatic carbocycles. The largest absolute Gasteiger partial charge is 0.368 e. The molecule has 17 heavy (non-hydrogen) atoms. The van der Waals surface area contributed by atoms with Crippen molar-refractivity contribution in [2.75, 3.05) is 19.6 Å². The van der Waals surface area contributed by atoms with E-state index in [-0.39, 0.29) is 11.9 Å². The van der Waals surface area contributed by atoms with Crippen molar-refractivity contribution in [3.05, 3.63) is 0 Å². The van der Waals surface area contributed by atoms with Crippen molar-refractivity contribution < 1.29 is 4.79 Å². The van der Waals surface area contributed by atoms with Crippen LogP contribution in [-0.2, 0) is 4.79 Å². The van der Waals surface area contributed by atoms with Crippen LogP contribution in [0.5, 0.6) is 0 Å². The number of primary amides is 1. The van der Waals surface area contributed by atoms with E-state index in [1.807, 2.05) is 20.8 Å². The summed E-state index contributed by atoms with van der Waals surface area (Å²) in [4.78, 5) is 14.0. The molecule has 4 heteroatoms. The summed E-state index contributed by atoms with van der Waals surface area (Å²) in [5.41, 5.74) is 4.93. The molecule has 2 unspecified atom stereocenters. The zero-order valence-electron chi connectivity index (χ0n) is 11.6. The van der Waals surface area contributed by atoms with E-state index >= 15 is 0 Å². The summed E-state index contributed by atoms with van der Waals surface area (Å²) in [6.07, 6.45) is 2.05. The minimum absolute atomic E-state index is 0.251. The quantitative estimate of drug-likeness (QED) is 0.728. The molecule has 100 valence electrons. The van der Waals surface area contributed by atoms with Gasteiger partial charge in [0.1, 0.15) is 0 Å². The van der Waals surface area contributed by atoms with E-state index in [0.29, 0.717) is 0 Å². The first-order chi connectivity index (χ1) is 7.83. The number of amides is 1. The fourth-order valence-electron chi connectivity index (χ4n) is 2.51. The van der Waals surface area contributed by atoms with Gasteiger partial charge >= 0.3 is 0 Å². The highest BCUT2D eigenvalue weighted by Gasteiger charge is 2.32. The predicted octanol–water partition coefficient (Wildman–Crippen LogP) is 0.960. The van der Waals surface area contributed by atoms with Gasteiger partial charge in [0, 0.05) is 19.1 Å². The lowest BCUT2D eigenvalue weighted by atomic mass is 9.95. The molecule has 0 aromatic rings. The van der Waals surface area contributed by atoms with Crippen LogP contribution in [0.3, 0.4) is 0 Å². The molecular weight excluding hydrogens is 214 g/mol. The van der Waals surface area contributed by atoms with Crippen LogP contribution >= 0.6 is 0 Å². The molecule has 1 rings (SSSR count). The molecule has 0 spiro atoms. The number of hydrogen-bond acceptors (Lipinski definition) is 3. The number of carbonyl (C=O) groups excluding carboxylic acids is 1. The minimum atomic E-state index is -0.583. The molecule has 1 fully saturated rings. The first-order valence-electron chi connectivity index (χ1n) is 6.63. The van der Waals surface area contributed by atoms with Crippen molar-refractivity contribution in [3.8, 4) is 0 Å². The van der Waals surface area contributed by atoms with Gasteiger partial charge in [0.25, 0.3) is 0 Å². The normalized spacial score (nSPS) is 25.1. The second-order valence-electron chi connectivity index (χ2n) is 5.94. The van der Waals surface area contributed by atoms with E-state index in [9.17, 15) is 4.79 Å². The smallest absolute Gasteiger partial charge is 0.237 e. The third-order valence-electron chi connectivity index (χ3n) is 3.59. The maximum Gasteiger partial charge on any atom is 0.237 e. The highest BCUT2D eigenvalue weighted by atomic mass is 16.1. The van der Waals surface area contributed by atoms with Gasteiger partial charge in [0.2, 0.25) is 5.91 Å². The van der Waals surface area contributed by atoms with Crippen LogP contribution in [-0.4, -0.2) is 42.0 Å². The van der Waals surface area contributed by atoms with Crippen LogP contribution in [0.1, 0.15) is 40.5 Å². The van der Waals surface area contributed by atoms with Crippen LogP contribution in [0.15, 0.2) is 0 Å². The van der Waals surface area contributed by atoms with E-state index < -0.39 is 5.54 Å². The van der Waals surface area contributed by atoms with Crippen molar-refractivity contribution >= 4 is 5.91 Å². The predicted molar refractivity (Wildman–Crippen MR) is 70.7 cm³/mol. The molecule has 1 amide bonds. The van der Waals surface area contributed by atoms with Crippen molar-refractivity contribution in [1.82, 2.24) is 10.2 Å². The van der Waals surface area contributed by atoms with Crippen LogP contribution in [0.4, 0.5) is 0 Å². The summed E-state index contributed by atoms with van der Waals surface area (Å²) in [5.74, 6) is 0.534. The van der Waals surface area contributed by atoms with Crippen LogP contribution in [0.2, 0.25) is 0 Å². The van der Waals surface area contributed by atoms with Gasteiger partial charge in [-0.05, 0) is 46.1 Å². The molecule has 0 bridgehead atoms. The molecule has 0 saturated carbocycles. The van der Waals surface area contributed by atoms with E-state index in [1.54, 1.807) is 0 Å². The van der Waals surface area contributed by atoms with Gasteiger partial charge in [-0.1, -0.05) is 6.92 Å². The zero-order valence-corrected chi connectivity index (χ0v) is 11.6. The second kappa shape index (κ2) is 5.83. The Morgan fingerprint density at radius 3 is 2.65 bits per heavy atom. The Hall–Kier alpha value is -0.610. The monoisotopic (exact) mass is 241 g/mol. The van der Waals surface area contributed by atoms with Gasteiger partial charge in [-0.3, -0.25) is 4.79 Å². The first kappa shape index (κ1) is 14.5. The third-order valence-corrected chi connectivity index (χ3v) is 3.59. The lowest BCUT2D eigenvalue weighted by Crippen LogP contribution is -2.56. The minimum Gasteiger partial charge on any atom is -0.368 e. The Morgan fingerprint density at radius 1 is 1.59 bits per heavy atom. The van der Waals surface area contributed by atoms with E-state index in [1.165, 1.54) is 6.42 Å². The second-order valence-corrected chi connectivity index (χ2v) is 5.94. The fraction of sp³-hybridized carbons (Fsp3) is 0.923. The number of nitrogens with zero attached hydrogens (tertiary/aromatic N) is 1. The molecule has 0 radical (unpaired) electrons. The van der Waals surface area contributed by atoms with E-state index in [0.717, 1.165) is 32.0 Å².